The van der Waals surface area contributed by atoms with E-state index in [2.05, 4.69) is 0 Å². The van der Waals surface area contributed by atoms with Crippen LogP contribution in [0.25, 0.3) is 0 Å². The predicted octanol–water partition coefficient (Wildman–Crippen LogP) is 2.50. The van der Waals surface area contributed by atoms with E-state index in [1.807, 2.05) is 13.8 Å². The Labute approximate surface area is 115 Å². The van der Waals surface area contributed by atoms with Gasteiger partial charge < -0.3 is 5.11 Å². The Hall–Kier alpha value is -0.910. The van der Waals surface area contributed by atoms with E-state index in [1.54, 1.807) is 19.1 Å². The van der Waals surface area contributed by atoms with Crippen LogP contribution in [0.3, 0.4) is 0 Å². The molecular formula is C14H22O4S. The van der Waals surface area contributed by atoms with Gasteiger partial charge in [0.1, 0.15) is 0 Å². The molecule has 4 nitrogen and oxygen atoms in total. The van der Waals surface area contributed by atoms with Crippen molar-refractivity contribution in [2.24, 2.45) is 5.92 Å². The number of rotatable bonds is 7. The van der Waals surface area contributed by atoms with Crippen LogP contribution in [0.1, 0.15) is 32.3 Å². The fourth-order valence-corrected chi connectivity index (χ4v) is 2.66. The van der Waals surface area contributed by atoms with E-state index < -0.39 is 16.2 Å². The van der Waals surface area contributed by atoms with Gasteiger partial charge in [-0.1, -0.05) is 38.0 Å². The van der Waals surface area contributed by atoms with Gasteiger partial charge in [-0.2, -0.15) is 8.42 Å². The van der Waals surface area contributed by atoms with Gasteiger partial charge in [-0.3, -0.25) is 4.18 Å². The summed E-state index contributed by atoms with van der Waals surface area (Å²) in [4.78, 5) is 0.148. The van der Waals surface area contributed by atoms with Crippen LogP contribution in [0.5, 0.6) is 0 Å². The molecule has 0 unspecified atom stereocenters. The maximum absolute atomic E-state index is 11.9. The summed E-state index contributed by atoms with van der Waals surface area (Å²) in [5.41, 5.74) is 0.991. The van der Waals surface area contributed by atoms with Gasteiger partial charge in [-0.15, -0.1) is 0 Å². The van der Waals surface area contributed by atoms with Gasteiger partial charge in [-0.25, -0.2) is 0 Å². The topological polar surface area (TPSA) is 63.6 Å². The van der Waals surface area contributed by atoms with Gasteiger partial charge in [0, 0.05) is 5.92 Å². The lowest BCUT2D eigenvalue weighted by molar-refractivity contribution is 0.0787. The molecule has 0 saturated heterocycles. The molecule has 1 aromatic carbocycles. The van der Waals surface area contributed by atoms with Crippen LogP contribution in [-0.2, 0) is 14.3 Å². The quantitative estimate of drug-likeness (QED) is 0.782. The molecule has 0 saturated carbocycles. The summed E-state index contributed by atoms with van der Waals surface area (Å²) in [5.74, 6) is -0.208. The van der Waals surface area contributed by atoms with E-state index in [-0.39, 0.29) is 17.4 Å². The van der Waals surface area contributed by atoms with Crippen LogP contribution in [0.15, 0.2) is 29.2 Å². The number of hydrogen-bond acceptors (Lipinski definition) is 4. The lowest BCUT2D eigenvalue weighted by Gasteiger charge is -2.17. The first-order valence-electron chi connectivity index (χ1n) is 6.51. The second-order valence-electron chi connectivity index (χ2n) is 4.89. The third-order valence-electron chi connectivity index (χ3n) is 3.04. The molecule has 1 N–H and O–H groups in total. The minimum atomic E-state index is -3.73. The summed E-state index contributed by atoms with van der Waals surface area (Å²) in [6.07, 6.45) is 0.976. The predicted molar refractivity (Wildman–Crippen MR) is 74.4 cm³/mol. The molecule has 108 valence electrons. The Bertz CT molecular complexity index is 479. The Kier molecular flexibility index (Phi) is 5.97. The van der Waals surface area contributed by atoms with Crippen LogP contribution in [0.2, 0.25) is 0 Å². The van der Waals surface area contributed by atoms with Gasteiger partial charge in [0.05, 0.1) is 17.6 Å². The minimum Gasteiger partial charge on any atom is -0.393 e. The maximum Gasteiger partial charge on any atom is 0.296 e. The van der Waals surface area contributed by atoms with Crippen molar-refractivity contribution in [3.05, 3.63) is 29.8 Å². The molecule has 19 heavy (non-hydrogen) atoms. The summed E-state index contributed by atoms with van der Waals surface area (Å²) in [6.45, 7) is 5.64. The summed E-state index contributed by atoms with van der Waals surface area (Å²) in [7, 11) is -3.73. The minimum absolute atomic E-state index is 0.00260. The van der Waals surface area contributed by atoms with Crippen LogP contribution in [-0.4, -0.2) is 26.2 Å². The Morgan fingerprint density at radius 3 is 2.37 bits per heavy atom. The number of aliphatic hydroxyl groups excluding tert-OH is 1. The highest BCUT2D eigenvalue weighted by Gasteiger charge is 2.20. The molecule has 0 spiro atoms. The molecule has 0 radical (unpaired) electrons. The van der Waals surface area contributed by atoms with Crippen molar-refractivity contribution >= 4 is 10.1 Å². The number of benzene rings is 1. The molecule has 0 aromatic heterocycles. The first kappa shape index (κ1) is 16.1. The normalized spacial score (nSPS) is 15.2. The molecule has 1 aromatic rings. The second-order valence-corrected chi connectivity index (χ2v) is 6.50. The zero-order valence-electron chi connectivity index (χ0n) is 11.7. The molecule has 0 fully saturated rings. The average molecular weight is 286 g/mol. The van der Waals surface area contributed by atoms with E-state index >= 15 is 0 Å². The smallest absolute Gasteiger partial charge is 0.296 e. The van der Waals surface area contributed by atoms with Gasteiger partial charge in [0.25, 0.3) is 10.1 Å². The van der Waals surface area contributed by atoms with E-state index in [1.165, 1.54) is 12.1 Å². The summed E-state index contributed by atoms with van der Waals surface area (Å²) in [5, 5.41) is 9.75. The molecule has 2 atom stereocenters. The fourth-order valence-electron chi connectivity index (χ4n) is 1.66. The number of aliphatic hydroxyl groups is 1. The van der Waals surface area contributed by atoms with E-state index in [0.717, 1.165) is 12.0 Å². The highest BCUT2D eigenvalue weighted by atomic mass is 32.2. The van der Waals surface area contributed by atoms with Gasteiger partial charge >= 0.3 is 0 Å². The molecule has 0 aliphatic rings. The molecule has 0 heterocycles. The molecule has 0 aliphatic carbocycles. The first-order valence-corrected chi connectivity index (χ1v) is 7.91. The SMILES string of the molecule is CCC[C@H](O)[C@@H](C)COS(=O)(=O)c1ccc(C)cc1. The van der Waals surface area contributed by atoms with Crippen molar-refractivity contribution in [3.63, 3.8) is 0 Å². The second kappa shape index (κ2) is 7.03. The zero-order valence-corrected chi connectivity index (χ0v) is 12.5. The number of hydrogen-bond donors (Lipinski definition) is 1. The van der Waals surface area contributed by atoms with Gasteiger partial charge in [-0.05, 0) is 25.5 Å². The van der Waals surface area contributed by atoms with Crippen molar-refractivity contribution in [1.82, 2.24) is 0 Å². The van der Waals surface area contributed by atoms with E-state index in [4.69, 9.17) is 4.18 Å². The number of aryl methyl sites for hydroxylation is 1. The highest BCUT2D eigenvalue weighted by molar-refractivity contribution is 7.86. The largest absolute Gasteiger partial charge is 0.393 e. The molecule has 0 amide bonds. The maximum atomic E-state index is 11.9. The van der Waals surface area contributed by atoms with Gasteiger partial charge in [0.15, 0.2) is 0 Å². The Morgan fingerprint density at radius 1 is 1.26 bits per heavy atom. The Morgan fingerprint density at radius 2 is 1.84 bits per heavy atom. The highest BCUT2D eigenvalue weighted by Crippen LogP contribution is 2.16. The van der Waals surface area contributed by atoms with Crippen molar-refractivity contribution in [3.8, 4) is 0 Å². The molecule has 1 rings (SSSR count). The average Bonchev–Trinajstić information content (AvgIpc) is 2.37. The molecule has 0 aliphatic heterocycles. The molecule has 0 bridgehead atoms. The molecular weight excluding hydrogens is 264 g/mol. The molecule has 5 heteroatoms. The van der Waals surface area contributed by atoms with Crippen LogP contribution >= 0.6 is 0 Å². The summed E-state index contributed by atoms with van der Waals surface area (Å²) in [6, 6.07) is 6.51. The lowest BCUT2D eigenvalue weighted by atomic mass is 10.0. The monoisotopic (exact) mass is 286 g/mol. The van der Waals surface area contributed by atoms with Crippen LogP contribution in [0.4, 0.5) is 0 Å². The third kappa shape index (κ3) is 4.93. The van der Waals surface area contributed by atoms with Crippen LogP contribution in [0, 0.1) is 12.8 Å². The van der Waals surface area contributed by atoms with Gasteiger partial charge in [0.2, 0.25) is 0 Å². The van der Waals surface area contributed by atoms with Crippen molar-refractivity contribution in [2.75, 3.05) is 6.61 Å². The zero-order chi connectivity index (χ0) is 14.5. The van der Waals surface area contributed by atoms with Crippen molar-refractivity contribution in [2.45, 2.75) is 44.6 Å². The first-order chi connectivity index (χ1) is 8.86. The third-order valence-corrected chi connectivity index (χ3v) is 4.33. The van der Waals surface area contributed by atoms with Crippen molar-refractivity contribution < 1.29 is 17.7 Å². The van der Waals surface area contributed by atoms with E-state index in [9.17, 15) is 13.5 Å². The standard InChI is InChI=1S/C14H22O4S/c1-4-5-14(15)12(3)10-18-19(16,17)13-8-6-11(2)7-9-13/h6-9,12,14-15H,4-5,10H2,1-3H3/t12-,14-/m0/s1. The Balaban J connectivity index is 2.63. The fraction of sp³-hybridized carbons (Fsp3) is 0.571. The summed E-state index contributed by atoms with van der Waals surface area (Å²) >= 11 is 0. The van der Waals surface area contributed by atoms with Crippen molar-refractivity contribution in [1.29, 1.82) is 0 Å². The van der Waals surface area contributed by atoms with E-state index in [0.29, 0.717) is 6.42 Å². The van der Waals surface area contributed by atoms with Crippen LogP contribution < -0.4 is 0 Å². The lowest BCUT2D eigenvalue weighted by Crippen LogP contribution is -2.23. The summed E-state index contributed by atoms with van der Waals surface area (Å²) < 4.78 is 28.8.